The molecule has 19 heavy (non-hydrogen) atoms. The van der Waals surface area contributed by atoms with Gasteiger partial charge in [0, 0.05) is 12.7 Å². The van der Waals surface area contributed by atoms with Crippen LogP contribution in [0.5, 0.6) is 0 Å². The fourth-order valence-electron chi connectivity index (χ4n) is 2.51. The summed E-state index contributed by atoms with van der Waals surface area (Å²) in [6.45, 7) is 4.43. The monoisotopic (exact) mass is 260 g/mol. The number of nitrogens with zero attached hydrogens (tertiary/aromatic N) is 2. The average Bonchev–Trinajstić information content (AvgIpc) is 2.94. The van der Waals surface area contributed by atoms with Gasteiger partial charge < -0.3 is 15.5 Å². The van der Waals surface area contributed by atoms with Gasteiger partial charge in [0.2, 0.25) is 0 Å². The van der Waals surface area contributed by atoms with Gasteiger partial charge in [0.15, 0.2) is 0 Å². The summed E-state index contributed by atoms with van der Waals surface area (Å²) in [4.78, 5) is 29.8. The van der Waals surface area contributed by atoms with Crippen LogP contribution in [0.4, 0.5) is 0 Å². The van der Waals surface area contributed by atoms with E-state index in [0.29, 0.717) is 18.8 Å². The van der Waals surface area contributed by atoms with Crippen LogP contribution >= 0.6 is 0 Å². The van der Waals surface area contributed by atoms with Crippen molar-refractivity contribution >= 4 is 11.8 Å². The van der Waals surface area contributed by atoms with Gasteiger partial charge >= 0.3 is 0 Å². The Morgan fingerprint density at radius 1 is 1.58 bits per heavy atom. The molecule has 6 heteroatoms. The number of hydrogen-bond donors (Lipinski definition) is 2. The molecule has 1 aromatic rings. The maximum absolute atomic E-state index is 12.3. The first kappa shape index (κ1) is 10.5. The minimum Gasteiger partial charge on any atom is -0.356 e. The van der Waals surface area contributed by atoms with E-state index >= 15 is 0 Å². The maximum atomic E-state index is 12.3. The molecule has 98 valence electrons. The normalized spacial score (nSPS) is 26.3. The summed E-state index contributed by atoms with van der Waals surface area (Å²) in [7, 11) is 0. The first-order valence-corrected chi connectivity index (χ1v) is 6.02. The molecule has 2 aliphatic heterocycles. The lowest BCUT2D eigenvalue weighted by Gasteiger charge is -2.21. The molecule has 0 aliphatic carbocycles. The summed E-state index contributed by atoms with van der Waals surface area (Å²) >= 11 is 0. The van der Waals surface area contributed by atoms with Crippen LogP contribution in [0.3, 0.4) is 0 Å². The molecule has 3 rings (SSSR count). The maximum Gasteiger partial charge on any atom is 0.272 e. The molecule has 6 nitrogen and oxygen atoms in total. The molecule has 3 heterocycles. The zero-order valence-electron chi connectivity index (χ0n) is 11.3. The van der Waals surface area contributed by atoms with Gasteiger partial charge in [-0.15, -0.1) is 0 Å². The Balaban J connectivity index is 1.79. The Bertz CT molecular complexity index is 618. The summed E-state index contributed by atoms with van der Waals surface area (Å²) in [5, 5.41) is 5.65. The highest BCUT2D eigenvalue weighted by Crippen LogP contribution is 2.27. The van der Waals surface area contributed by atoms with Crippen molar-refractivity contribution in [3.8, 4) is 0 Å². The molecule has 2 N–H and O–H groups in total. The van der Waals surface area contributed by atoms with Crippen LogP contribution < -0.4 is 10.6 Å². The second-order valence-corrected chi connectivity index (χ2v) is 4.77. The van der Waals surface area contributed by atoms with Gasteiger partial charge in [-0.2, -0.15) is 0 Å². The fourth-order valence-corrected chi connectivity index (χ4v) is 2.51. The number of likely N-dealkylation sites (tertiary alicyclic amines) is 1. The molecule has 1 atom stereocenters. The van der Waals surface area contributed by atoms with E-state index in [4.69, 9.17) is 1.37 Å². The Kier molecular flexibility index (Phi) is 2.26. The molecule has 2 fully saturated rings. The van der Waals surface area contributed by atoms with E-state index in [1.165, 1.54) is 6.07 Å². The predicted molar refractivity (Wildman–Crippen MR) is 67.9 cm³/mol. The number of amides is 2. The van der Waals surface area contributed by atoms with Gasteiger partial charge in [0.1, 0.15) is 11.2 Å². The SMILES string of the molecule is [3H]c1cccc(C(=O)N2CCC3(C2)NC(=C)NC3=O)n1. The van der Waals surface area contributed by atoms with Crippen LogP contribution in [0.2, 0.25) is 0 Å². The summed E-state index contributed by atoms with van der Waals surface area (Å²) in [6, 6.07) is 4.71. The number of aromatic nitrogens is 1. The molecule has 1 aromatic heterocycles. The van der Waals surface area contributed by atoms with Crippen LogP contribution in [-0.4, -0.2) is 40.3 Å². The number of pyridine rings is 1. The Morgan fingerprint density at radius 2 is 2.42 bits per heavy atom. The first-order chi connectivity index (χ1) is 9.50. The molecule has 2 saturated heterocycles. The third-order valence-corrected chi connectivity index (χ3v) is 3.47. The van der Waals surface area contributed by atoms with E-state index in [0.717, 1.165) is 0 Å². The molecule has 0 bridgehead atoms. The summed E-state index contributed by atoms with van der Waals surface area (Å²) in [6.07, 6.45) is 0.583. The lowest BCUT2D eigenvalue weighted by atomic mass is 9.99. The van der Waals surface area contributed by atoms with E-state index in [1.807, 2.05) is 0 Å². The fraction of sp³-hybridized carbons (Fsp3) is 0.308. The van der Waals surface area contributed by atoms with Gasteiger partial charge in [-0.25, -0.2) is 0 Å². The molecule has 2 amide bonds. The Morgan fingerprint density at radius 3 is 3.11 bits per heavy atom. The summed E-state index contributed by atoms with van der Waals surface area (Å²) < 4.78 is 7.45. The third kappa shape index (κ3) is 1.85. The van der Waals surface area contributed by atoms with Crippen LogP contribution in [0.1, 0.15) is 18.3 Å². The number of nitrogens with one attached hydrogen (secondary N) is 2. The topological polar surface area (TPSA) is 74.3 Å². The van der Waals surface area contributed by atoms with Crippen molar-refractivity contribution in [2.45, 2.75) is 12.0 Å². The number of rotatable bonds is 1. The highest BCUT2D eigenvalue weighted by molar-refractivity contribution is 5.96. The van der Waals surface area contributed by atoms with E-state index in [1.54, 1.807) is 17.0 Å². The summed E-state index contributed by atoms with van der Waals surface area (Å²) in [5.74, 6) is 0.0543. The van der Waals surface area contributed by atoms with E-state index in [9.17, 15) is 9.59 Å². The number of hydrogen-bond acceptors (Lipinski definition) is 4. The standard InChI is InChI=1S/C13H14N4O2/c1-9-15-12(19)13(16-9)5-7-17(8-13)11(18)10-4-2-3-6-14-10/h2-4,6,16H,1,5,7-8H2,(H,15,19)/i6T. The van der Waals surface area contributed by atoms with Crippen molar-refractivity contribution in [1.29, 1.82) is 0 Å². The van der Waals surface area contributed by atoms with E-state index in [2.05, 4.69) is 22.2 Å². The second kappa shape index (κ2) is 4.08. The van der Waals surface area contributed by atoms with Gasteiger partial charge in [-0.3, -0.25) is 14.6 Å². The van der Waals surface area contributed by atoms with Gasteiger partial charge in [0.25, 0.3) is 11.8 Å². The van der Waals surface area contributed by atoms with Crippen molar-refractivity contribution in [2.24, 2.45) is 0 Å². The third-order valence-electron chi connectivity index (χ3n) is 3.47. The smallest absolute Gasteiger partial charge is 0.272 e. The zero-order valence-corrected chi connectivity index (χ0v) is 10.3. The lowest BCUT2D eigenvalue weighted by molar-refractivity contribution is -0.123. The minimum absolute atomic E-state index is 0.0508. The Hall–Kier alpha value is -2.37. The zero-order chi connectivity index (χ0) is 14.3. The Labute approximate surface area is 111 Å². The molecular formula is C13H14N4O2. The summed E-state index contributed by atoms with van der Waals surface area (Å²) in [5.41, 5.74) is -0.544. The number of carbonyl (C=O) groups is 2. The molecule has 1 unspecified atom stereocenters. The van der Waals surface area contributed by atoms with E-state index in [-0.39, 0.29) is 30.2 Å². The molecule has 0 radical (unpaired) electrons. The van der Waals surface area contributed by atoms with Gasteiger partial charge in [-0.1, -0.05) is 12.6 Å². The first-order valence-electron chi connectivity index (χ1n) is 6.52. The van der Waals surface area contributed by atoms with Crippen LogP contribution in [0.15, 0.2) is 36.8 Å². The minimum atomic E-state index is -0.773. The molecule has 0 saturated carbocycles. The van der Waals surface area contributed by atoms with Crippen molar-refractivity contribution < 1.29 is 11.0 Å². The predicted octanol–water partition coefficient (Wildman–Crippen LogP) is -0.143. The molecule has 1 spiro atoms. The molecule has 0 aromatic carbocycles. The van der Waals surface area contributed by atoms with Crippen molar-refractivity contribution in [1.82, 2.24) is 20.5 Å². The largest absolute Gasteiger partial charge is 0.356 e. The van der Waals surface area contributed by atoms with E-state index < -0.39 is 5.54 Å². The van der Waals surface area contributed by atoms with Gasteiger partial charge in [-0.05, 0) is 18.6 Å². The molecule has 2 aliphatic rings. The van der Waals surface area contributed by atoms with Crippen molar-refractivity contribution in [3.05, 3.63) is 42.5 Å². The van der Waals surface area contributed by atoms with Crippen molar-refractivity contribution in [3.63, 3.8) is 0 Å². The van der Waals surface area contributed by atoms with Crippen LogP contribution in [-0.2, 0) is 4.79 Å². The van der Waals surface area contributed by atoms with Crippen LogP contribution in [0, 0.1) is 0 Å². The quantitative estimate of drug-likeness (QED) is 0.737. The van der Waals surface area contributed by atoms with Crippen LogP contribution in [0.25, 0.3) is 0 Å². The highest BCUT2D eigenvalue weighted by atomic mass is 16.2. The van der Waals surface area contributed by atoms with Crippen molar-refractivity contribution in [2.75, 3.05) is 13.1 Å². The highest BCUT2D eigenvalue weighted by Gasteiger charge is 2.50. The molecular weight excluding hydrogens is 244 g/mol. The van der Waals surface area contributed by atoms with Gasteiger partial charge in [0.05, 0.1) is 13.7 Å². The second-order valence-electron chi connectivity index (χ2n) is 4.77. The lowest BCUT2D eigenvalue weighted by Crippen LogP contribution is -2.49. The number of carbonyl (C=O) groups excluding carboxylic acids is 2. The average molecular weight is 260 g/mol.